The molecule has 2 aliphatic rings. The van der Waals surface area contributed by atoms with E-state index >= 15 is 0 Å². The number of amides is 1. The Morgan fingerprint density at radius 2 is 2.18 bits per heavy atom. The zero-order chi connectivity index (χ0) is 15.9. The van der Waals surface area contributed by atoms with E-state index < -0.39 is 10.0 Å². The number of hydrogen-bond acceptors (Lipinski definition) is 4. The number of hydrogen-bond donors (Lipinski definition) is 2. The molecule has 1 unspecified atom stereocenters. The Balaban J connectivity index is 1.75. The lowest BCUT2D eigenvalue weighted by Gasteiger charge is -2.15. The highest BCUT2D eigenvalue weighted by atomic mass is 32.2. The van der Waals surface area contributed by atoms with E-state index in [2.05, 4.69) is 4.72 Å². The number of nitrogens with one attached hydrogen (secondary N) is 1. The van der Waals surface area contributed by atoms with Gasteiger partial charge in [0.25, 0.3) is 0 Å². The van der Waals surface area contributed by atoms with E-state index in [4.69, 9.17) is 5.73 Å². The van der Waals surface area contributed by atoms with Crippen LogP contribution in [0.15, 0.2) is 23.1 Å². The minimum Gasteiger partial charge on any atom is -0.326 e. The van der Waals surface area contributed by atoms with Gasteiger partial charge in [0.05, 0.1) is 4.90 Å². The number of anilines is 1. The first-order valence-corrected chi connectivity index (χ1v) is 9.03. The van der Waals surface area contributed by atoms with Crippen molar-refractivity contribution in [3.63, 3.8) is 0 Å². The van der Waals surface area contributed by atoms with Gasteiger partial charge in [-0.1, -0.05) is 0 Å². The fraction of sp³-hybridized carbons (Fsp3) is 0.533. The first-order valence-electron chi connectivity index (χ1n) is 7.55. The fourth-order valence-electron chi connectivity index (χ4n) is 2.85. The van der Waals surface area contributed by atoms with Crippen LogP contribution in [0.5, 0.6) is 0 Å². The predicted octanol–water partition coefficient (Wildman–Crippen LogP) is 0.611. The van der Waals surface area contributed by atoms with Crippen molar-refractivity contribution >= 4 is 21.6 Å². The van der Waals surface area contributed by atoms with E-state index in [0.29, 0.717) is 18.9 Å². The first-order chi connectivity index (χ1) is 10.4. The number of carbonyl (C=O) groups is 1. The van der Waals surface area contributed by atoms with E-state index in [1.54, 1.807) is 23.1 Å². The van der Waals surface area contributed by atoms with E-state index in [-0.39, 0.29) is 23.4 Å². The number of nitrogens with zero attached hydrogens (tertiary/aromatic N) is 1. The van der Waals surface area contributed by atoms with Crippen molar-refractivity contribution in [2.75, 3.05) is 18.0 Å². The van der Waals surface area contributed by atoms with Gasteiger partial charge in [0, 0.05) is 31.7 Å². The van der Waals surface area contributed by atoms with Crippen LogP contribution in [0, 0.1) is 5.92 Å². The zero-order valence-corrected chi connectivity index (χ0v) is 13.4. The van der Waals surface area contributed by atoms with Gasteiger partial charge in [-0.15, -0.1) is 0 Å². The van der Waals surface area contributed by atoms with Crippen molar-refractivity contribution < 1.29 is 13.2 Å². The molecule has 1 aliphatic carbocycles. The molecule has 3 rings (SSSR count). The molecule has 7 heteroatoms. The van der Waals surface area contributed by atoms with Gasteiger partial charge < -0.3 is 10.6 Å². The molecule has 0 saturated heterocycles. The third-order valence-electron chi connectivity index (χ3n) is 4.37. The van der Waals surface area contributed by atoms with Crippen LogP contribution in [0.2, 0.25) is 0 Å². The van der Waals surface area contributed by atoms with Crippen LogP contribution >= 0.6 is 0 Å². The highest BCUT2D eigenvalue weighted by molar-refractivity contribution is 7.89. The van der Waals surface area contributed by atoms with E-state index in [0.717, 1.165) is 24.1 Å². The van der Waals surface area contributed by atoms with Crippen LogP contribution in [0.1, 0.15) is 25.3 Å². The minimum absolute atomic E-state index is 0.0251. The molecular weight excluding hydrogens is 302 g/mol. The Morgan fingerprint density at radius 3 is 2.82 bits per heavy atom. The fourth-order valence-corrected chi connectivity index (χ4v) is 3.98. The molecule has 6 nitrogen and oxygen atoms in total. The second-order valence-corrected chi connectivity index (χ2v) is 7.83. The average molecular weight is 323 g/mol. The molecule has 1 aliphatic heterocycles. The second kappa shape index (κ2) is 5.64. The molecule has 1 amide bonds. The van der Waals surface area contributed by atoms with Gasteiger partial charge in [-0.2, -0.15) is 0 Å². The van der Waals surface area contributed by atoms with Crippen LogP contribution in [0.3, 0.4) is 0 Å². The number of nitrogens with two attached hydrogens (primary N) is 1. The smallest absolute Gasteiger partial charge is 0.240 e. The Morgan fingerprint density at radius 1 is 1.45 bits per heavy atom. The lowest BCUT2D eigenvalue weighted by atomic mass is 10.2. The lowest BCUT2D eigenvalue weighted by molar-refractivity contribution is -0.116. The maximum atomic E-state index is 12.3. The molecule has 3 N–H and O–H groups in total. The highest BCUT2D eigenvalue weighted by Crippen LogP contribution is 2.32. The molecule has 1 aromatic carbocycles. The third-order valence-corrected chi connectivity index (χ3v) is 5.79. The topological polar surface area (TPSA) is 92.5 Å². The Labute approximate surface area is 130 Å². The molecule has 0 aromatic heterocycles. The standard InChI is InChI=1S/C15H21N3O3S/c1-10(19)18-7-6-12-8-13(4-5-15(12)18)22(20,21)17-9-14(16)11-2-3-11/h4-5,8,11,14,17H,2-3,6-7,9,16H2,1H3. The maximum Gasteiger partial charge on any atom is 0.240 e. The van der Waals surface area contributed by atoms with E-state index in [1.165, 1.54) is 6.92 Å². The molecule has 1 saturated carbocycles. The van der Waals surface area contributed by atoms with Crippen molar-refractivity contribution in [3.8, 4) is 0 Å². The molecule has 1 atom stereocenters. The van der Waals surface area contributed by atoms with Gasteiger partial charge in [-0.3, -0.25) is 4.79 Å². The van der Waals surface area contributed by atoms with Gasteiger partial charge in [-0.05, 0) is 48.9 Å². The second-order valence-electron chi connectivity index (χ2n) is 6.06. The van der Waals surface area contributed by atoms with Crippen molar-refractivity contribution in [1.29, 1.82) is 0 Å². The quantitative estimate of drug-likeness (QED) is 0.830. The molecule has 1 aromatic rings. The zero-order valence-electron chi connectivity index (χ0n) is 12.6. The van der Waals surface area contributed by atoms with Crippen molar-refractivity contribution in [3.05, 3.63) is 23.8 Å². The van der Waals surface area contributed by atoms with Gasteiger partial charge in [0.1, 0.15) is 0 Å². The molecule has 1 fully saturated rings. The molecule has 0 radical (unpaired) electrons. The molecule has 1 heterocycles. The number of carbonyl (C=O) groups excluding carboxylic acids is 1. The largest absolute Gasteiger partial charge is 0.326 e. The molecular formula is C15H21N3O3S. The summed E-state index contributed by atoms with van der Waals surface area (Å²) < 4.78 is 27.3. The van der Waals surface area contributed by atoms with Gasteiger partial charge in [0.15, 0.2) is 0 Å². The van der Waals surface area contributed by atoms with Gasteiger partial charge >= 0.3 is 0 Å². The monoisotopic (exact) mass is 323 g/mol. The van der Waals surface area contributed by atoms with Gasteiger partial charge in [-0.25, -0.2) is 13.1 Å². The minimum atomic E-state index is -3.55. The van der Waals surface area contributed by atoms with Gasteiger partial charge in [0.2, 0.25) is 15.9 Å². The number of sulfonamides is 1. The summed E-state index contributed by atoms with van der Waals surface area (Å²) in [5, 5.41) is 0. The van der Waals surface area contributed by atoms with E-state index in [9.17, 15) is 13.2 Å². The lowest BCUT2D eigenvalue weighted by Crippen LogP contribution is -2.38. The maximum absolute atomic E-state index is 12.3. The average Bonchev–Trinajstić information content (AvgIpc) is 3.23. The summed E-state index contributed by atoms with van der Waals surface area (Å²) in [5.74, 6) is 0.426. The first kappa shape index (κ1) is 15.5. The predicted molar refractivity (Wildman–Crippen MR) is 84.1 cm³/mol. The van der Waals surface area contributed by atoms with Crippen molar-refractivity contribution in [2.45, 2.75) is 37.1 Å². The summed E-state index contributed by atoms with van der Waals surface area (Å²) in [6.07, 6.45) is 2.85. The number of rotatable bonds is 5. The SMILES string of the molecule is CC(=O)N1CCc2cc(S(=O)(=O)NCC(N)C3CC3)ccc21. The van der Waals surface area contributed by atoms with Crippen LogP contribution < -0.4 is 15.4 Å². The Hall–Kier alpha value is -1.44. The summed E-state index contributed by atoms with van der Waals surface area (Å²) in [6.45, 7) is 2.39. The van der Waals surface area contributed by atoms with Crippen LogP contribution in [-0.2, 0) is 21.2 Å². The van der Waals surface area contributed by atoms with E-state index in [1.807, 2.05) is 0 Å². The Kier molecular flexibility index (Phi) is 3.96. The Bertz CT molecular complexity index is 698. The summed E-state index contributed by atoms with van der Waals surface area (Å²) in [6, 6.07) is 4.80. The van der Waals surface area contributed by atoms with Crippen molar-refractivity contribution in [2.24, 2.45) is 11.7 Å². The van der Waals surface area contributed by atoms with Crippen molar-refractivity contribution in [1.82, 2.24) is 4.72 Å². The summed E-state index contributed by atoms with van der Waals surface area (Å²) in [4.78, 5) is 13.4. The normalized spacial score (nSPS) is 19.1. The molecule has 0 bridgehead atoms. The number of fused-ring (bicyclic) bond motifs is 1. The van der Waals surface area contributed by atoms with Crippen LogP contribution in [-0.4, -0.2) is 33.5 Å². The van der Waals surface area contributed by atoms with Crippen LogP contribution in [0.4, 0.5) is 5.69 Å². The summed E-state index contributed by atoms with van der Waals surface area (Å²) >= 11 is 0. The highest BCUT2D eigenvalue weighted by Gasteiger charge is 2.30. The number of benzene rings is 1. The molecule has 120 valence electrons. The molecule has 0 spiro atoms. The summed E-state index contributed by atoms with van der Waals surface area (Å²) in [5.41, 5.74) is 7.63. The van der Waals surface area contributed by atoms with Crippen LogP contribution in [0.25, 0.3) is 0 Å². The third kappa shape index (κ3) is 3.02. The summed E-state index contributed by atoms with van der Waals surface area (Å²) in [7, 11) is -3.55. The molecule has 22 heavy (non-hydrogen) atoms.